The van der Waals surface area contributed by atoms with E-state index in [2.05, 4.69) is 29.5 Å². The van der Waals surface area contributed by atoms with Crippen LogP contribution in [0.25, 0.3) is 0 Å². The Bertz CT molecular complexity index is 402. The molecule has 0 radical (unpaired) electrons. The van der Waals surface area contributed by atoms with Crippen LogP contribution in [-0.2, 0) is 6.42 Å². The molecular formula is C14H21N3. The van der Waals surface area contributed by atoms with Gasteiger partial charge in [-0.05, 0) is 25.2 Å². The highest BCUT2D eigenvalue weighted by atomic mass is 15.1. The molecule has 1 aromatic heterocycles. The lowest BCUT2D eigenvalue weighted by atomic mass is 9.77. The number of aromatic nitrogens is 2. The van der Waals surface area contributed by atoms with Gasteiger partial charge in [-0.3, -0.25) is 0 Å². The Hall–Kier alpha value is -1.30. The summed E-state index contributed by atoms with van der Waals surface area (Å²) in [6.45, 7) is 4.38. The normalized spacial score (nSPS) is 28.9. The second-order valence-electron chi connectivity index (χ2n) is 4.99. The number of aryl methyl sites for hydroxylation is 1. The highest BCUT2D eigenvalue weighted by molar-refractivity contribution is 5.02. The summed E-state index contributed by atoms with van der Waals surface area (Å²) in [5.74, 6) is 2.06. The van der Waals surface area contributed by atoms with E-state index >= 15 is 0 Å². The molecule has 0 aromatic carbocycles. The standard InChI is InChI=1S/C14H21N3/c1-3-11-5-6-12(10-15)13(9-11)17-8-7-16-14(17)4-2/h7-8,11-13H,3-6,9H2,1-2H3. The molecular weight excluding hydrogens is 210 g/mol. The SMILES string of the molecule is CCc1nccn1C1CC(CC)CCC1C#N. The van der Waals surface area contributed by atoms with Gasteiger partial charge in [-0.15, -0.1) is 0 Å². The smallest absolute Gasteiger partial charge is 0.108 e. The zero-order valence-corrected chi connectivity index (χ0v) is 10.8. The fraction of sp³-hybridized carbons (Fsp3) is 0.714. The highest BCUT2D eigenvalue weighted by Gasteiger charge is 2.31. The third kappa shape index (κ3) is 2.36. The van der Waals surface area contributed by atoms with Crippen molar-refractivity contribution in [1.82, 2.24) is 9.55 Å². The summed E-state index contributed by atoms with van der Waals surface area (Å²) in [6, 6.07) is 2.83. The quantitative estimate of drug-likeness (QED) is 0.800. The zero-order chi connectivity index (χ0) is 12.3. The Kier molecular flexibility index (Phi) is 3.83. The maximum atomic E-state index is 9.30. The van der Waals surface area contributed by atoms with Crippen molar-refractivity contribution < 1.29 is 0 Å². The van der Waals surface area contributed by atoms with Crippen molar-refractivity contribution in [3.05, 3.63) is 18.2 Å². The summed E-state index contributed by atoms with van der Waals surface area (Å²) in [4.78, 5) is 4.38. The van der Waals surface area contributed by atoms with E-state index in [0.717, 1.165) is 31.0 Å². The van der Waals surface area contributed by atoms with Crippen LogP contribution >= 0.6 is 0 Å². The second-order valence-corrected chi connectivity index (χ2v) is 4.99. The lowest BCUT2D eigenvalue weighted by molar-refractivity contribution is 0.213. The predicted molar refractivity (Wildman–Crippen MR) is 67.4 cm³/mol. The molecule has 1 aliphatic carbocycles. The number of nitriles is 1. The van der Waals surface area contributed by atoms with Crippen LogP contribution in [0.4, 0.5) is 0 Å². The monoisotopic (exact) mass is 231 g/mol. The molecule has 17 heavy (non-hydrogen) atoms. The Balaban J connectivity index is 2.24. The van der Waals surface area contributed by atoms with Gasteiger partial charge in [-0.25, -0.2) is 4.98 Å². The van der Waals surface area contributed by atoms with Crippen molar-refractivity contribution in [2.45, 2.75) is 52.0 Å². The van der Waals surface area contributed by atoms with E-state index in [0.29, 0.717) is 6.04 Å². The minimum absolute atomic E-state index is 0.164. The minimum atomic E-state index is 0.164. The molecule has 1 heterocycles. The van der Waals surface area contributed by atoms with Gasteiger partial charge < -0.3 is 4.57 Å². The fourth-order valence-electron chi connectivity index (χ4n) is 2.98. The number of nitrogens with zero attached hydrogens (tertiary/aromatic N) is 3. The first-order valence-electron chi connectivity index (χ1n) is 6.71. The molecule has 3 unspecified atom stereocenters. The number of imidazole rings is 1. The van der Waals surface area contributed by atoms with Crippen molar-refractivity contribution in [3.8, 4) is 6.07 Å². The van der Waals surface area contributed by atoms with Gasteiger partial charge in [0.15, 0.2) is 0 Å². The molecule has 0 aliphatic heterocycles. The first-order valence-corrected chi connectivity index (χ1v) is 6.71. The Labute approximate surface area is 103 Å². The van der Waals surface area contributed by atoms with E-state index in [4.69, 9.17) is 0 Å². The van der Waals surface area contributed by atoms with Gasteiger partial charge in [0.25, 0.3) is 0 Å². The van der Waals surface area contributed by atoms with E-state index in [1.807, 2.05) is 12.4 Å². The van der Waals surface area contributed by atoms with E-state index < -0.39 is 0 Å². The molecule has 2 rings (SSSR count). The van der Waals surface area contributed by atoms with Gasteiger partial charge >= 0.3 is 0 Å². The summed E-state index contributed by atoms with van der Waals surface area (Å²) in [5, 5.41) is 9.30. The minimum Gasteiger partial charge on any atom is -0.331 e. The topological polar surface area (TPSA) is 41.6 Å². The summed E-state index contributed by atoms with van der Waals surface area (Å²) in [7, 11) is 0. The average Bonchev–Trinajstić information content (AvgIpc) is 2.86. The van der Waals surface area contributed by atoms with Crippen LogP contribution in [0.3, 0.4) is 0 Å². The first kappa shape index (κ1) is 12.2. The van der Waals surface area contributed by atoms with E-state index in [1.165, 1.54) is 12.8 Å². The number of rotatable bonds is 3. The van der Waals surface area contributed by atoms with Crippen LogP contribution in [0, 0.1) is 23.2 Å². The third-order valence-corrected chi connectivity index (χ3v) is 4.09. The van der Waals surface area contributed by atoms with Gasteiger partial charge in [0.2, 0.25) is 0 Å². The molecule has 3 atom stereocenters. The number of hydrogen-bond donors (Lipinski definition) is 0. The van der Waals surface area contributed by atoms with E-state index in [-0.39, 0.29) is 5.92 Å². The molecule has 1 aliphatic rings. The first-order chi connectivity index (χ1) is 8.30. The van der Waals surface area contributed by atoms with Crippen molar-refractivity contribution >= 4 is 0 Å². The maximum absolute atomic E-state index is 9.30. The largest absolute Gasteiger partial charge is 0.331 e. The van der Waals surface area contributed by atoms with Crippen LogP contribution in [0.1, 0.15) is 51.4 Å². The van der Waals surface area contributed by atoms with Crippen LogP contribution < -0.4 is 0 Å². The molecule has 0 N–H and O–H groups in total. The fourth-order valence-corrected chi connectivity index (χ4v) is 2.98. The van der Waals surface area contributed by atoms with Crippen molar-refractivity contribution in [3.63, 3.8) is 0 Å². The molecule has 92 valence electrons. The summed E-state index contributed by atoms with van der Waals surface area (Å²) in [6.07, 6.45) is 9.47. The Morgan fingerprint density at radius 2 is 2.29 bits per heavy atom. The van der Waals surface area contributed by atoms with Crippen molar-refractivity contribution in [2.24, 2.45) is 11.8 Å². The van der Waals surface area contributed by atoms with Crippen molar-refractivity contribution in [1.29, 1.82) is 5.26 Å². The number of hydrogen-bond acceptors (Lipinski definition) is 2. The van der Waals surface area contributed by atoms with Gasteiger partial charge in [0.1, 0.15) is 5.82 Å². The summed E-state index contributed by atoms with van der Waals surface area (Å²) >= 11 is 0. The van der Waals surface area contributed by atoms with Gasteiger partial charge in [-0.1, -0.05) is 20.3 Å². The van der Waals surface area contributed by atoms with Crippen LogP contribution in [0.15, 0.2) is 12.4 Å². The zero-order valence-electron chi connectivity index (χ0n) is 10.8. The highest BCUT2D eigenvalue weighted by Crippen LogP contribution is 2.38. The Morgan fingerprint density at radius 1 is 1.47 bits per heavy atom. The van der Waals surface area contributed by atoms with Crippen LogP contribution in [-0.4, -0.2) is 9.55 Å². The van der Waals surface area contributed by atoms with E-state index in [1.54, 1.807) is 0 Å². The molecule has 3 nitrogen and oxygen atoms in total. The molecule has 3 heteroatoms. The molecule has 0 amide bonds. The predicted octanol–water partition coefficient (Wildman–Crippen LogP) is 3.34. The van der Waals surface area contributed by atoms with Crippen LogP contribution in [0.2, 0.25) is 0 Å². The van der Waals surface area contributed by atoms with Crippen LogP contribution in [0.5, 0.6) is 0 Å². The lowest BCUT2D eigenvalue weighted by Gasteiger charge is -2.34. The molecule has 1 fully saturated rings. The Morgan fingerprint density at radius 3 is 2.94 bits per heavy atom. The molecule has 0 bridgehead atoms. The molecule has 1 saturated carbocycles. The summed E-state index contributed by atoms with van der Waals surface area (Å²) in [5.41, 5.74) is 0. The maximum Gasteiger partial charge on any atom is 0.108 e. The van der Waals surface area contributed by atoms with Gasteiger partial charge in [0.05, 0.1) is 18.0 Å². The van der Waals surface area contributed by atoms with Gasteiger partial charge in [-0.2, -0.15) is 5.26 Å². The molecule has 0 saturated heterocycles. The second kappa shape index (κ2) is 5.35. The molecule has 0 spiro atoms. The van der Waals surface area contributed by atoms with Gasteiger partial charge in [0, 0.05) is 18.8 Å². The summed E-state index contributed by atoms with van der Waals surface area (Å²) < 4.78 is 2.25. The third-order valence-electron chi connectivity index (χ3n) is 4.09. The lowest BCUT2D eigenvalue weighted by Crippen LogP contribution is -2.27. The molecule has 1 aromatic rings. The average molecular weight is 231 g/mol. The van der Waals surface area contributed by atoms with E-state index in [9.17, 15) is 5.26 Å². The van der Waals surface area contributed by atoms with Crippen molar-refractivity contribution in [2.75, 3.05) is 0 Å².